The number of hydrogen-bond donors (Lipinski definition) is 1. The maximum atomic E-state index is 11.0. The number of aromatic nitrogens is 2. The number of benzene rings is 1. The van der Waals surface area contributed by atoms with Crippen molar-refractivity contribution in [3.8, 4) is 5.75 Å². The molecular formula is C13H15ClN4O3. The Bertz CT molecular complexity index is 616. The van der Waals surface area contributed by atoms with Crippen LogP contribution in [-0.2, 0) is 6.54 Å². The first-order valence-corrected chi connectivity index (χ1v) is 6.71. The summed E-state index contributed by atoms with van der Waals surface area (Å²) in [6, 6.07) is 2.83. The Morgan fingerprint density at radius 3 is 2.95 bits per heavy atom. The lowest BCUT2D eigenvalue weighted by Crippen LogP contribution is -2.07. The molecule has 2 aromatic rings. The minimum Gasteiger partial charge on any atom is -0.495 e. The Labute approximate surface area is 126 Å². The number of hydrogen-bond acceptors (Lipinski definition) is 5. The van der Waals surface area contributed by atoms with E-state index in [0.29, 0.717) is 18.0 Å². The van der Waals surface area contributed by atoms with Gasteiger partial charge < -0.3 is 14.6 Å². The fraction of sp³-hybridized carbons (Fsp3) is 0.308. The van der Waals surface area contributed by atoms with Gasteiger partial charge in [-0.1, -0.05) is 11.6 Å². The zero-order valence-corrected chi connectivity index (χ0v) is 12.2. The topological polar surface area (TPSA) is 82.2 Å². The molecule has 1 aromatic heterocycles. The van der Waals surface area contributed by atoms with Crippen molar-refractivity contribution in [2.45, 2.75) is 13.0 Å². The van der Waals surface area contributed by atoms with Crippen molar-refractivity contribution in [2.75, 3.05) is 19.0 Å². The van der Waals surface area contributed by atoms with Crippen molar-refractivity contribution in [2.24, 2.45) is 0 Å². The molecule has 0 aliphatic heterocycles. The smallest absolute Gasteiger partial charge is 0.294 e. The molecule has 1 aromatic carbocycles. The molecule has 112 valence electrons. The van der Waals surface area contributed by atoms with Crippen LogP contribution in [0.15, 0.2) is 30.9 Å². The number of aryl methyl sites for hydroxylation is 1. The standard InChI is InChI=1S/C13H15ClN4O3/c1-21-13-8-11(12(18(19)20)7-10(13)14)16-3-2-5-17-6-4-15-9-17/h4,6-9,16H,2-3,5H2,1H3. The minimum atomic E-state index is -0.469. The molecule has 0 saturated heterocycles. The molecule has 1 heterocycles. The molecule has 0 atom stereocenters. The van der Waals surface area contributed by atoms with Crippen LogP contribution in [0.1, 0.15) is 6.42 Å². The van der Waals surface area contributed by atoms with Crippen LogP contribution in [0.3, 0.4) is 0 Å². The van der Waals surface area contributed by atoms with E-state index in [1.165, 1.54) is 19.2 Å². The van der Waals surface area contributed by atoms with Gasteiger partial charge in [0.2, 0.25) is 0 Å². The zero-order valence-electron chi connectivity index (χ0n) is 11.5. The van der Waals surface area contributed by atoms with E-state index in [4.69, 9.17) is 16.3 Å². The Kier molecular flexibility index (Phi) is 4.99. The van der Waals surface area contributed by atoms with Crippen LogP contribution >= 0.6 is 11.6 Å². The van der Waals surface area contributed by atoms with E-state index >= 15 is 0 Å². The highest BCUT2D eigenvalue weighted by molar-refractivity contribution is 6.32. The summed E-state index contributed by atoms with van der Waals surface area (Å²) >= 11 is 5.91. The third kappa shape index (κ3) is 3.85. The van der Waals surface area contributed by atoms with E-state index in [2.05, 4.69) is 10.3 Å². The summed E-state index contributed by atoms with van der Waals surface area (Å²) in [5, 5.41) is 14.3. The summed E-state index contributed by atoms with van der Waals surface area (Å²) in [6.07, 6.45) is 6.11. The predicted octanol–water partition coefficient (Wildman–Crippen LogP) is 2.96. The van der Waals surface area contributed by atoms with Gasteiger partial charge in [0.25, 0.3) is 5.69 Å². The number of rotatable bonds is 7. The molecule has 0 unspecified atom stereocenters. The Hall–Kier alpha value is -2.28. The number of halogens is 1. The van der Waals surface area contributed by atoms with Crippen LogP contribution in [0.5, 0.6) is 5.75 Å². The second-order valence-electron chi connectivity index (χ2n) is 4.34. The normalized spacial score (nSPS) is 10.4. The van der Waals surface area contributed by atoms with Gasteiger partial charge in [0, 0.05) is 37.6 Å². The zero-order chi connectivity index (χ0) is 15.2. The average Bonchev–Trinajstić information content (AvgIpc) is 2.97. The molecule has 2 rings (SSSR count). The van der Waals surface area contributed by atoms with Crippen molar-refractivity contribution in [3.63, 3.8) is 0 Å². The lowest BCUT2D eigenvalue weighted by Gasteiger charge is -2.10. The van der Waals surface area contributed by atoms with Gasteiger partial charge >= 0.3 is 0 Å². The van der Waals surface area contributed by atoms with E-state index in [1.54, 1.807) is 12.5 Å². The molecule has 0 fully saturated rings. The summed E-state index contributed by atoms with van der Waals surface area (Å²) in [6.45, 7) is 1.37. The van der Waals surface area contributed by atoms with Crippen LogP contribution in [0.25, 0.3) is 0 Å². The van der Waals surface area contributed by atoms with Gasteiger partial charge in [0.15, 0.2) is 0 Å². The van der Waals surface area contributed by atoms with Crippen LogP contribution in [-0.4, -0.2) is 28.1 Å². The Morgan fingerprint density at radius 2 is 2.33 bits per heavy atom. The summed E-state index contributed by atoms with van der Waals surface area (Å²) in [7, 11) is 1.47. The number of imidazole rings is 1. The van der Waals surface area contributed by atoms with E-state index < -0.39 is 4.92 Å². The lowest BCUT2D eigenvalue weighted by atomic mass is 10.2. The van der Waals surface area contributed by atoms with Crippen LogP contribution < -0.4 is 10.1 Å². The number of nitrogens with one attached hydrogen (secondary N) is 1. The monoisotopic (exact) mass is 310 g/mol. The first kappa shape index (κ1) is 15.1. The summed E-state index contributed by atoms with van der Waals surface area (Å²) in [5.74, 6) is 0.402. The molecule has 0 bridgehead atoms. The van der Waals surface area contributed by atoms with Gasteiger partial charge in [-0.2, -0.15) is 0 Å². The van der Waals surface area contributed by atoms with Crippen LogP contribution in [0, 0.1) is 10.1 Å². The fourth-order valence-corrected chi connectivity index (χ4v) is 2.13. The number of methoxy groups -OCH3 is 1. The maximum absolute atomic E-state index is 11.0. The average molecular weight is 311 g/mol. The highest BCUT2D eigenvalue weighted by Gasteiger charge is 2.17. The van der Waals surface area contributed by atoms with Gasteiger partial charge in [-0.05, 0) is 6.42 Å². The number of ether oxygens (including phenoxy) is 1. The number of nitro benzene ring substituents is 1. The third-order valence-electron chi connectivity index (χ3n) is 2.93. The second-order valence-corrected chi connectivity index (χ2v) is 4.75. The minimum absolute atomic E-state index is 0.0663. The van der Waals surface area contributed by atoms with Gasteiger partial charge in [-0.15, -0.1) is 0 Å². The van der Waals surface area contributed by atoms with Crippen molar-refractivity contribution in [1.82, 2.24) is 9.55 Å². The summed E-state index contributed by atoms with van der Waals surface area (Å²) in [5.41, 5.74) is 0.329. The number of nitrogens with zero attached hydrogens (tertiary/aromatic N) is 3. The quantitative estimate of drug-likeness (QED) is 0.483. The first-order valence-electron chi connectivity index (χ1n) is 6.33. The Morgan fingerprint density at radius 1 is 1.52 bits per heavy atom. The molecule has 0 amide bonds. The van der Waals surface area contributed by atoms with E-state index in [1.807, 2.05) is 10.8 Å². The molecule has 0 spiro atoms. The van der Waals surface area contributed by atoms with Crippen molar-refractivity contribution in [1.29, 1.82) is 0 Å². The van der Waals surface area contributed by atoms with E-state index in [-0.39, 0.29) is 10.7 Å². The second kappa shape index (κ2) is 6.94. The van der Waals surface area contributed by atoms with Gasteiger partial charge in [-0.3, -0.25) is 10.1 Å². The largest absolute Gasteiger partial charge is 0.495 e. The highest BCUT2D eigenvalue weighted by atomic mass is 35.5. The van der Waals surface area contributed by atoms with Gasteiger partial charge in [0.1, 0.15) is 11.4 Å². The molecule has 8 heteroatoms. The van der Waals surface area contributed by atoms with Crippen molar-refractivity contribution < 1.29 is 9.66 Å². The first-order chi connectivity index (χ1) is 10.1. The number of anilines is 1. The lowest BCUT2D eigenvalue weighted by molar-refractivity contribution is -0.384. The Balaban J connectivity index is 2.02. The number of nitro groups is 1. The van der Waals surface area contributed by atoms with E-state index in [9.17, 15) is 10.1 Å². The molecule has 7 nitrogen and oxygen atoms in total. The summed E-state index contributed by atoms with van der Waals surface area (Å²) in [4.78, 5) is 14.5. The van der Waals surface area contributed by atoms with Gasteiger partial charge in [0.05, 0.1) is 23.4 Å². The molecule has 21 heavy (non-hydrogen) atoms. The summed E-state index contributed by atoms with van der Waals surface area (Å²) < 4.78 is 7.02. The molecule has 0 aliphatic carbocycles. The maximum Gasteiger partial charge on any atom is 0.294 e. The molecule has 0 aliphatic rings. The van der Waals surface area contributed by atoms with Crippen molar-refractivity contribution in [3.05, 3.63) is 46.0 Å². The molecule has 0 radical (unpaired) electrons. The van der Waals surface area contributed by atoms with Crippen LogP contribution in [0.2, 0.25) is 5.02 Å². The fourth-order valence-electron chi connectivity index (χ4n) is 1.90. The predicted molar refractivity (Wildman–Crippen MR) is 80.0 cm³/mol. The third-order valence-corrected chi connectivity index (χ3v) is 3.23. The molecule has 0 saturated carbocycles. The highest BCUT2D eigenvalue weighted by Crippen LogP contribution is 2.35. The van der Waals surface area contributed by atoms with E-state index in [0.717, 1.165) is 13.0 Å². The van der Waals surface area contributed by atoms with Crippen LogP contribution in [0.4, 0.5) is 11.4 Å². The van der Waals surface area contributed by atoms with Gasteiger partial charge in [-0.25, -0.2) is 4.98 Å². The molecule has 1 N–H and O–H groups in total. The molecular weight excluding hydrogens is 296 g/mol. The van der Waals surface area contributed by atoms with Crippen molar-refractivity contribution >= 4 is 23.0 Å². The SMILES string of the molecule is COc1cc(NCCCn2ccnc2)c([N+](=O)[O-])cc1Cl.